The van der Waals surface area contributed by atoms with Crippen molar-refractivity contribution < 1.29 is 98.2 Å². The molecule has 0 unspecified atom stereocenters. The number of aromatic nitrogens is 4. The molecular formula is C43H51Cl3F6K5N7O4. The number of nitrogens with two attached hydrogens (primary N) is 1. The monoisotopic (exact) mass is 1140 g/mol. The second-order valence-electron chi connectivity index (χ2n) is 16.9. The van der Waals surface area contributed by atoms with Crippen LogP contribution < -0.4 is 57.1 Å². The number of nitrogens with zero attached hydrogens (tertiary/aromatic N) is 6. The van der Waals surface area contributed by atoms with E-state index in [0.717, 1.165) is 56.2 Å². The first-order valence-corrected chi connectivity index (χ1v) is 55.1. The van der Waals surface area contributed by atoms with Gasteiger partial charge in [-0.3, -0.25) is 0 Å². The topological polar surface area (TPSA) is 137 Å². The van der Waals surface area contributed by atoms with Crippen molar-refractivity contribution in [3.05, 3.63) is 110 Å². The molecule has 2 aliphatic rings. The molecule has 2 aromatic carbocycles. The number of anilines is 1. The minimum atomic E-state index is -4.57. The van der Waals surface area contributed by atoms with Crippen molar-refractivity contribution in [2.45, 2.75) is 109 Å². The van der Waals surface area contributed by atoms with E-state index < -0.39 is 45.0 Å². The normalized spacial score (nSPS) is 14.5. The third-order valence-corrected chi connectivity index (χ3v) is 10.4. The zero-order valence-electron chi connectivity index (χ0n) is 41.6. The Hall–Kier alpha value is 3.57. The van der Waals surface area contributed by atoms with Crippen LogP contribution in [-0.4, -0.2) is 206 Å². The summed E-state index contributed by atoms with van der Waals surface area (Å²) < 4.78 is 85.1. The Kier molecular flexibility index (Phi) is 34.6. The molecule has 2 amide bonds. The number of piperidine rings is 2. The summed E-state index contributed by atoms with van der Waals surface area (Å²) in [4.78, 5) is 41.6. The average molecular weight is 1150 g/mol. The number of ether oxygens (including phenoxy) is 2. The Bertz CT molecular complexity index is 2170. The number of nitrogen functional groups attached to an aromatic ring is 1. The van der Waals surface area contributed by atoms with E-state index in [1.165, 1.54) is 137 Å². The molecule has 350 valence electrons. The van der Waals surface area contributed by atoms with E-state index in [1.807, 2.05) is 77.9 Å². The van der Waals surface area contributed by atoms with Gasteiger partial charge in [0.1, 0.15) is 38.5 Å². The molecule has 2 saturated heterocycles. The van der Waals surface area contributed by atoms with Crippen molar-refractivity contribution >= 4 is 179 Å². The van der Waals surface area contributed by atoms with E-state index in [2.05, 4.69) is 32.1 Å². The first kappa shape index (κ1) is 69.6. The molecule has 0 bridgehead atoms. The SMILES string of the molecule is CC(C)(C)OC(=O)N1CCC(c2ccc(Cc3ncc(C(F)(F)F)c(Cl)n3)cc2)CC1.CC(C)(C)OC(=O)N1CCC(c2ccc(N)cc2)CC1.FC(F)(F)c1cnc(Cl)nc1Cl.[H-].[K+].[K][K].[K][K]. The van der Waals surface area contributed by atoms with E-state index >= 15 is 0 Å². The second kappa shape index (κ2) is 33.8. The van der Waals surface area contributed by atoms with Crippen LogP contribution in [0, 0.1) is 0 Å². The minimum absolute atomic E-state index is 0. The molecular weight excluding hydrogens is 1090 g/mol. The van der Waals surface area contributed by atoms with Crippen LogP contribution in [0.5, 0.6) is 0 Å². The number of halogens is 9. The van der Waals surface area contributed by atoms with Crippen LogP contribution in [0.25, 0.3) is 0 Å². The summed E-state index contributed by atoms with van der Waals surface area (Å²) in [6.45, 7) is 14.0. The van der Waals surface area contributed by atoms with Crippen LogP contribution >= 0.6 is 34.8 Å². The number of rotatable bonds is 4. The van der Waals surface area contributed by atoms with Crippen LogP contribution in [-0.2, 0) is 28.2 Å². The molecule has 6 rings (SSSR count). The number of hydrogen-bond donors (Lipinski definition) is 1. The molecule has 68 heavy (non-hydrogen) atoms. The number of carbonyl (C=O) groups excluding carboxylic acids is 2. The average Bonchev–Trinajstić information content (AvgIpc) is 3.24. The number of hydrogen-bond acceptors (Lipinski definition) is 9. The molecule has 11 nitrogen and oxygen atoms in total. The van der Waals surface area contributed by atoms with Crippen LogP contribution in [0.3, 0.4) is 0 Å². The second-order valence-corrected chi connectivity index (χ2v) is 18.0. The van der Waals surface area contributed by atoms with Crippen molar-refractivity contribution in [2.24, 2.45) is 0 Å². The van der Waals surface area contributed by atoms with Crippen LogP contribution in [0.2, 0.25) is 15.6 Å². The molecule has 0 radical (unpaired) electrons. The summed E-state index contributed by atoms with van der Waals surface area (Å²) in [5.41, 5.74) is 6.79. The van der Waals surface area contributed by atoms with E-state index in [9.17, 15) is 35.9 Å². The van der Waals surface area contributed by atoms with Gasteiger partial charge >= 0.3 is 202 Å². The van der Waals surface area contributed by atoms with Gasteiger partial charge in [-0.25, -0.2) is 29.5 Å². The van der Waals surface area contributed by atoms with Gasteiger partial charge in [-0.15, -0.1) is 0 Å². The van der Waals surface area contributed by atoms with Crippen molar-refractivity contribution in [3.8, 4) is 0 Å². The molecule has 4 aromatic rings. The Morgan fingerprint density at radius 3 is 1.34 bits per heavy atom. The van der Waals surface area contributed by atoms with Crippen LogP contribution in [0.15, 0.2) is 60.9 Å². The Labute approximate surface area is 544 Å². The predicted octanol–water partition coefficient (Wildman–Crippen LogP) is 7.63. The predicted molar refractivity (Wildman–Crippen MR) is 253 cm³/mol. The summed E-state index contributed by atoms with van der Waals surface area (Å²) in [6.07, 6.45) is -4.41. The van der Waals surface area contributed by atoms with E-state index in [4.69, 9.17) is 50.0 Å². The fourth-order valence-electron chi connectivity index (χ4n) is 6.50. The number of carbonyl (C=O) groups is 2. The Balaban J connectivity index is 0.00000105. The van der Waals surface area contributed by atoms with Gasteiger partial charge in [0.2, 0.25) is 5.28 Å². The molecule has 2 aliphatic heterocycles. The third-order valence-electron chi connectivity index (χ3n) is 9.63. The fraction of sp³-hybridized carbons (Fsp3) is 0.488. The Morgan fingerprint density at radius 2 is 1.00 bits per heavy atom. The third kappa shape index (κ3) is 26.3. The van der Waals surface area contributed by atoms with Gasteiger partial charge in [0, 0.05) is 50.7 Å². The summed E-state index contributed by atoms with van der Waals surface area (Å²) in [7, 11) is 0. The van der Waals surface area contributed by atoms with Gasteiger partial charge in [0.15, 0.2) is 0 Å². The maximum absolute atomic E-state index is 12.8. The molecule has 0 atom stereocenters. The van der Waals surface area contributed by atoms with Crippen molar-refractivity contribution in [1.29, 1.82) is 0 Å². The molecule has 4 heterocycles. The van der Waals surface area contributed by atoms with Gasteiger partial charge in [0.05, 0.1) is 0 Å². The zero-order chi connectivity index (χ0) is 50.9. The van der Waals surface area contributed by atoms with Crippen LogP contribution in [0.4, 0.5) is 41.6 Å². The molecule has 2 aromatic heterocycles. The van der Waals surface area contributed by atoms with Gasteiger partial charge in [-0.1, -0.05) is 59.6 Å². The zero-order valence-corrected chi connectivity index (χ0v) is 58.5. The molecule has 0 spiro atoms. The fourth-order valence-corrected chi connectivity index (χ4v) is 7.17. The molecule has 0 aliphatic carbocycles. The molecule has 2 fully saturated rings. The molecule has 25 heteroatoms. The first-order chi connectivity index (χ1) is 31.2. The van der Waals surface area contributed by atoms with Gasteiger partial charge in [0.25, 0.3) is 0 Å². The standard InChI is InChI=1S/C22H25ClF3N3O2.C16H24N2O2.C5HCl2F3N2.5K.H/c1-21(2,3)31-20(30)29-10-8-16(9-11-29)15-6-4-14(5-7-15)12-18-27-13-17(19(23)28-18)22(24,25)26;1-16(2,3)20-15(19)18-10-8-13(9-11-18)12-4-6-14(17)7-5-12;6-3-2(5(8,9)10)1-11-4(7)12-3;;;;;;/h4-7,13,16H,8-12H2,1-3H3;4-7,13H,8-11,17H2,1-3H3;1H;;;;;;/q;;;;;;;+1;-1. The number of benzene rings is 2. The summed E-state index contributed by atoms with van der Waals surface area (Å²) in [6, 6.07) is 15.9. The molecule has 2 N–H and O–H groups in total. The van der Waals surface area contributed by atoms with Gasteiger partial charge in [-0.2, -0.15) is 26.3 Å². The van der Waals surface area contributed by atoms with Gasteiger partial charge < -0.3 is 26.4 Å². The first-order valence-electron chi connectivity index (χ1n) is 21.9. The summed E-state index contributed by atoms with van der Waals surface area (Å²) in [5.74, 6) is 1.08. The van der Waals surface area contributed by atoms with Crippen LogP contribution in [0.1, 0.15) is 114 Å². The van der Waals surface area contributed by atoms with Crippen molar-refractivity contribution in [2.75, 3.05) is 31.9 Å². The van der Waals surface area contributed by atoms with E-state index in [0.29, 0.717) is 31.1 Å². The number of alkyl halides is 6. The van der Waals surface area contributed by atoms with Crippen molar-refractivity contribution in [1.82, 2.24) is 29.7 Å². The quantitative estimate of drug-likeness (QED) is 0.0720. The van der Waals surface area contributed by atoms with E-state index in [-0.39, 0.29) is 82.5 Å². The Morgan fingerprint density at radius 1 is 0.647 bits per heavy atom. The van der Waals surface area contributed by atoms with E-state index in [1.54, 1.807) is 9.80 Å². The van der Waals surface area contributed by atoms with Crippen molar-refractivity contribution in [3.63, 3.8) is 0 Å². The maximum atomic E-state index is 12.8. The molecule has 0 saturated carbocycles. The van der Waals surface area contributed by atoms with Gasteiger partial charge in [-0.05, 0) is 119 Å². The number of amides is 2. The summed E-state index contributed by atoms with van der Waals surface area (Å²) in [5, 5.41) is -1.60. The number of likely N-dealkylation sites (tertiary alicyclic amines) is 2. The summed E-state index contributed by atoms with van der Waals surface area (Å²) >= 11 is 21.0.